The molecule has 1 aliphatic rings. The zero-order valence-electron chi connectivity index (χ0n) is 5.62. The molecule has 10 heavy (non-hydrogen) atoms. The summed E-state index contributed by atoms with van der Waals surface area (Å²) in [5.74, 6) is 1.17. The number of hydrogen-bond donors (Lipinski definition) is 0. The van der Waals surface area contributed by atoms with Gasteiger partial charge in [0.05, 0.1) is 6.61 Å². The highest BCUT2D eigenvalue weighted by Gasteiger charge is 2.11. The molecule has 0 amide bonds. The summed E-state index contributed by atoms with van der Waals surface area (Å²) in [5.41, 5.74) is 0. The molecular weight excluding hydrogens is 184 g/mol. The van der Waals surface area contributed by atoms with Gasteiger partial charge in [0, 0.05) is 10.7 Å². The van der Waals surface area contributed by atoms with Crippen LogP contribution in [0.4, 0.5) is 0 Å². The minimum absolute atomic E-state index is 0.627. The second kappa shape index (κ2) is 4.26. The third kappa shape index (κ3) is 3.49. The number of ether oxygens (including phenoxy) is 1. The largest absolute Gasteiger partial charge is 0.479 e. The topological polar surface area (TPSA) is 9.23 Å². The van der Waals surface area contributed by atoms with E-state index in [0.29, 0.717) is 11.0 Å². The third-order valence-corrected chi connectivity index (χ3v) is 2.87. The van der Waals surface area contributed by atoms with Crippen molar-refractivity contribution in [2.75, 3.05) is 12.4 Å². The molecule has 0 aliphatic carbocycles. The molecule has 4 heteroatoms. The van der Waals surface area contributed by atoms with Crippen molar-refractivity contribution in [3.05, 3.63) is 10.3 Å². The molecule has 0 spiro atoms. The number of rotatable bonds is 2. The van der Waals surface area contributed by atoms with Crippen molar-refractivity contribution in [2.24, 2.45) is 0 Å². The molecule has 0 bridgehead atoms. The highest BCUT2D eigenvalue weighted by molar-refractivity contribution is 8.25. The van der Waals surface area contributed by atoms with Crippen LogP contribution in [0.5, 0.6) is 0 Å². The second-order valence-electron chi connectivity index (χ2n) is 1.67. The maximum atomic E-state index is 5.06. The van der Waals surface area contributed by atoms with Crippen LogP contribution in [0.2, 0.25) is 0 Å². The minimum Gasteiger partial charge on any atom is -0.479 e. The van der Waals surface area contributed by atoms with E-state index in [9.17, 15) is 0 Å². The molecule has 56 valence electrons. The maximum absolute atomic E-state index is 5.06. The molecule has 1 rings (SSSR count). The smallest absolute Gasteiger partial charge is 0.224 e. The predicted molar refractivity (Wildman–Crippen MR) is 52.4 cm³/mol. The van der Waals surface area contributed by atoms with Crippen molar-refractivity contribution in [2.45, 2.75) is 6.92 Å². The Bertz CT molecular complexity index is 158. The molecule has 0 aromatic carbocycles. The van der Waals surface area contributed by atoms with Gasteiger partial charge in [-0.3, -0.25) is 0 Å². The van der Waals surface area contributed by atoms with Gasteiger partial charge in [-0.1, -0.05) is 0 Å². The SMILES string of the molecule is CCOC(=S)SC=C1CS1. The van der Waals surface area contributed by atoms with Crippen molar-refractivity contribution in [1.29, 1.82) is 0 Å². The molecule has 1 heterocycles. The van der Waals surface area contributed by atoms with Crippen molar-refractivity contribution >= 4 is 40.1 Å². The van der Waals surface area contributed by atoms with Crippen LogP contribution in [0.1, 0.15) is 6.92 Å². The molecule has 1 saturated heterocycles. The molecular formula is C6H8OS3. The Labute approximate surface area is 74.6 Å². The van der Waals surface area contributed by atoms with Crippen LogP contribution in [0.3, 0.4) is 0 Å². The highest BCUT2D eigenvalue weighted by atomic mass is 32.2. The first-order valence-electron chi connectivity index (χ1n) is 2.98. The Morgan fingerprint density at radius 1 is 2.00 bits per heavy atom. The van der Waals surface area contributed by atoms with Crippen LogP contribution >= 0.6 is 35.7 Å². The first-order valence-corrected chi connectivity index (χ1v) is 5.25. The summed E-state index contributed by atoms with van der Waals surface area (Å²) < 4.78 is 5.69. The maximum Gasteiger partial charge on any atom is 0.224 e. The fourth-order valence-corrected chi connectivity index (χ4v) is 1.82. The van der Waals surface area contributed by atoms with E-state index >= 15 is 0 Å². The molecule has 1 fully saturated rings. The summed E-state index contributed by atoms with van der Waals surface area (Å²) in [6, 6.07) is 0. The van der Waals surface area contributed by atoms with Gasteiger partial charge in [-0.05, 0) is 36.3 Å². The fourth-order valence-electron chi connectivity index (χ4n) is 0.375. The van der Waals surface area contributed by atoms with Gasteiger partial charge in [-0.2, -0.15) is 0 Å². The van der Waals surface area contributed by atoms with Crippen molar-refractivity contribution < 1.29 is 4.74 Å². The summed E-state index contributed by atoms with van der Waals surface area (Å²) in [6.07, 6.45) is 0. The fraction of sp³-hybridized carbons (Fsp3) is 0.500. The van der Waals surface area contributed by atoms with Crippen molar-refractivity contribution in [1.82, 2.24) is 0 Å². The zero-order chi connectivity index (χ0) is 7.40. The summed E-state index contributed by atoms with van der Waals surface area (Å²) in [4.78, 5) is 1.41. The van der Waals surface area contributed by atoms with E-state index in [2.05, 4.69) is 5.41 Å². The van der Waals surface area contributed by atoms with E-state index in [4.69, 9.17) is 17.0 Å². The molecule has 0 unspecified atom stereocenters. The Morgan fingerprint density at radius 2 is 2.70 bits per heavy atom. The Hall–Kier alpha value is 0.330. The lowest BCUT2D eigenvalue weighted by Crippen LogP contribution is -1.92. The zero-order valence-corrected chi connectivity index (χ0v) is 8.07. The molecule has 0 aromatic rings. The molecule has 1 nitrogen and oxygen atoms in total. The molecule has 0 saturated carbocycles. The van der Waals surface area contributed by atoms with Gasteiger partial charge in [-0.25, -0.2) is 0 Å². The van der Waals surface area contributed by atoms with Crippen molar-refractivity contribution in [3.63, 3.8) is 0 Å². The molecule has 1 aliphatic heterocycles. The lowest BCUT2D eigenvalue weighted by Gasteiger charge is -1.98. The summed E-state index contributed by atoms with van der Waals surface area (Å²) >= 11 is 8.24. The van der Waals surface area contributed by atoms with Gasteiger partial charge in [-0.15, -0.1) is 11.8 Å². The number of thiocarbonyl (C=S) groups is 1. The average Bonchev–Trinajstić information content (AvgIpc) is 2.67. The first kappa shape index (κ1) is 8.43. The monoisotopic (exact) mass is 192 g/mol. The average molecular weight is 192 g/mol. The van der Waals surface area contributed by atoms with E-state index in [1.807, 2.05) is 18.7 Å². The summed E-state index contributed by atoms with van der Waals surface area (Å²) in [5, 5.41) is 2.06. The third-order valence-electron chi connectivity index (χ3n) is 0.860. The van der Waals surface area contributed by atoms with E-state index in [-0.39, 0.29) is 0 Å². The molecule has 0 N–H and O–H groups in total. The standard InChI is InChI=1S/C6H8OS3/c1-2-7-6(8)10-4-5-3-9-5/h4H,2-3H2,1H3. The summed E-state index contributed by atoms with van der Waals surface area (Å²) in [7, 11) is 0. The van der Waals surface area contributed by atoms with Crippen LogP contribution in [-0.4, -0.2) is 16.7 Å². The molecule has 0 radical (unpaired) electrons. The summed E-state index contributed by atoms with van der Waals surface area (Å²) in [6.45, 7) is 2.61. The first-order chi connectivity index (χ1) is 4.83. The van der Waals surface area contributed by atoms with Gasteiger partial charge >= 0.3 is 0 Å². The minimum atomic E-state index is 0.627. The number of hydrogen-bond acceptors (Lipinski definition) is 4. The normalized spacial score (nSPS) is 19.1. The van der Waals surface area contributed by atoms with Gasteiger partial charge in [0.1, 0.15) is 0 Å². The number of thioether (sulfide) groups is 2. The van der Waals surface area contributed by atoms with Gasteiger partial charge in [0.25, 0.3) is 0 Å². The van der Waals surface area contributed by atoms with Gasteiger partial charge < -0.3 is 4.74 Å². The van der Waals surface area contributed by atoms with E-state index < -0.39 is 0 Å². The van der Waals surface area contributed by atoms with Gasteiger partial charge in [0.15, 0.2) is 0 Å². The lowest BCUT2D eigenvalue weighted by atomic mass is 10.8. The van der Waals surface area contributed by atoms with Crippen molar-refractivity contribution in [3.8, 4) is 0 Å². The Kier molecular flexibility index (Phi) is 3.59. The quantitative estimate of drug-likeness (QED) is 0.491. The Balaban J connectivity index is 2.11. The van der Waals surface area contributed by atoms with Gasteiger partial charge in [0.2, 0.25) is 4.38 Å². The molecule has 0 aromatic heterocycles. The van der Waals surface area contributed by atoms with Crippen LogP contribution in [-0.2, 0) is 4.74 Å². The highest BCUT2D eigenvalue weighted by Crippen LogP contribution is 2.37. The van der Waals surface area contributed by atoms with E-state index in [0.717, 1.165) is 0 Å². The Morgan fingerprint density at radius 3 is 3.20 bits per heavy atom. The van der Waals surface area contributed by atoms with Crippen LogP contribution in [0.15, 0.2) is 10.3 Å². The molecule has 0 atom stereocenters. The van der Waals surface area contributed by atoms with Crippen LogP contribution < -0.4 is 0 Å². The second-order valence-corrected chi connectivity index (χ2v) is 4.25. The van der Waals surface area contributed by atoms with E-state index in [1.54, 1.807) is 0 Å². The predicted octanol–water partition coefficient (Wildman–Crippen LogP) is 2.63. The van der Waals surface area contributed by atoms with Crippen LogP contribution in [0.25, 0.3) is 0 Å². The lowest BCUT2D eigenvalue weighted by molar-refractivity contribution is 0.346. The van der Waals surface area contributed by atoms with E-state index in [1.165, 1.54) is 22.4 Å². The van der Waals surface area contributed by atoms with Crippen LogP contribution in [0, 0.1) is 0 Å².